The van der Waals surface area contributed by atoms with E-state index in [0.29, 0.717) is 39.0 Å². The number of rotatable bonds is 14. The quantitative estimate of drug-likeness (QED) is 0.0988. The van der Waals surface area contributed by atoms with Crippen molar-refractivity contribution in [1.82, 2.24) is 0 Å². The van der Waals surface area contributed by atoms with Gasteiger partial charge in [-0.3, -0.25) is 3.63 Å². The summed E-state index contributed by atoms with van der Waals surface area (Å²) in [7, 11) is -6.79. The highest BCUT2D eigenvalue weighted by Crippen LogP contribution is 2.69. The molecule has 0 bridgehead atoms. The van der Waals surface area contributed by atoms with E-state index in [-0.39, 0.29) is 19.0 Å². The van der Waals surface area contributed by atoms with E-state index in [1.54, 1.807) is 90.1 Å². The van der Waals surface area contributed by atoms with Crippen molar-refractivity contribution in [2.45, 2.75) is 87.2 Å². The first-order valence-electron chi connectivity index (χ1n) is 14.8. The van der Waals surface area contributed by atoms with Crippen molar-refractivity contribution < 1.29 is 40.6 Å². The summed E-state index contributed by atoms with van der Waals surface area (Å²) in [4.78, 5) is 26.6. The van der Waals surface area contributed by atoms with Gasteiger partial charge in [0.1, 0.15) is 28.5 Å². The predicted molar refractivity (Wildman–Crippen MR) is 176 cm³/mol. The molecule has 0 aliphatic carbocycles. The van der Waals surface area contributed by atoms with E-state index < -0.39 is 43.6 Å². The molecular formula is C34H45O9S2+. The fourth-order valence-corrected chi connectivity index (χ4v) is 10.1. The summed E-state index contributed by atoms with van der Waals surface area (Å²) in [6.45, 7) is 11.9. The zero-order valence-corrected chi connectivity index (χ0v) is 28.7. The van der Waals surface area contributed by atoms with E-state index in [4.69, 9.17) is 22.6 Å². The van der Waals surface area contributed by atoms with Crippen LogP contribution in [-0.2, 0) is 29.2 Å². The summed E-state index contributed by atoms with van der Waals surface area (Å²) in [5.41, 5.74) is -1.34. The van der Waals surface area contributed by atoms with Gasteiger partial charge in [0.25, 0.3) is 0 Å². The van der Waals surface area contributed by atoms with Crippen molar-refractivity contribution in [3.8, 4) is 11.5 Å². The first-order valence-corrected chi connectivity index (χ1v) is 18.0. The maximum atomic E-state index is 13.7. The van der Waals surface area contributed by atoms with E-state index in [0.717, 1.165) is 0 Å². The Morgan fingerprint density at radius 1 is 0.667 bits per heavy atom. The molecule has 0 aliphatic heterocycles. The molecule has 0 heterocycles. The molecule has 11 heteroatoms. The SMILES string of the molecule is CCCCS(=O)(=O)[OH+]S(c1ccccc1)(c1cccc(OCC(=O)OC(C)(C)C)c1)c1cccc(OCC(=O)OC(C)(C)C)c1. The Labute approximate surface area is 268 Å². The van der Waals surface area contributed by atoms with Gasteiger partial charge in [-0.25, -0.2) is 9.59 Å². The number of ether oxygens (including phenoxy) is 4. The van der Waals surface area contributed by atoms with Crippen LogP contribution in [0.2, 0.25) is 0 Å². The van der Waals surface area contributed by atoms with E-state index >= 15 is 0 Å². The van der Waals surface area contributed by atoms with Gasteiger partial charge in [-0.15, -0.1) is 0 Å². The zero-order chi connectivity index (χ0) is 33.3. The van der Waals surface area contributed by atoms with E-state index in [9.17, 15) is 18.0 Å². The van der Waals surface area contributed by atoms with Gasteiger partial charge < -0.3 is 18.9 Å². The van der Waals surface area contributed by atoms with Crippen LogP contribution >= 0.6 is 10.3 Å². The maximum absolute atomic E-state index is 13.7. The first-order chi connectivity index (χ1) is 21.0. The first kappa shape index (κ1) is 35.9. The molecular weight excluding hydrogens is 616 g/mol. The Balaban J connectivity index is 2.14. The average molecular weight is 662 g/mol. The number of benzene rings is 3. The molecule has 0 saturated carbocycles. The molecule has 3 aromatic carbocycles. The minimum Gasteiger partial charge on any atom is -0.482 e. The Bertz CT molecular complexity index is 1460. The van der Waals surface area contributed by atoms with Crippen molar-refractivity contribution in [3.05, 3.63) is 78.9 Å². The lowest BCUT2D eigenvalue weighted by Crippen LogP contribution is -2.27. The average Bonchev–Trinajstić information content (AvgIpc) is 2.96. The summed E-state index contributed by atoms with van der Waals surface area (Å²) in [6, 6.07) is 23.1. The number of hydrogen-bond acceptors (Lipinski definition) is 8. The Kier molecular flexibility index (Phi) is 12.1. The van der Waals surface area contributed by atoms with Gasteiger partial charge in [0.15, 0.2) is 13.2 Å². The lowest BCUT2D eigenvalue weighted by atomic mass is 10.2. The summed E-state index contributed by atoms with van der Waals surface area (Å²) >= 11 is 0. The van der Waals surface area contributed by atoms with Gasteiger partial charge in [-0.1, -0.05) is 43.7 Å². The minimum absolute atomic E-state index is 0.116. The largest absolute Gasteiger partial charge is 0.482 e. The van der Waals surface area contributed by atoms with Gasteiger partial charge in [0.05, 0.1) is 25.0 Å². The molecule has 0 aromatic heterocycles. The van der Waals surface area contributed by atoms with Crippen LogP contribution in [0.5, 0.6) is 11.5 Å². The van der Waals surface area contributed by atoms with Crippen molar-refractivity contribution in [3.63, 3.8) is 0 Å². The van der Waals surface area contributed by atoms with E-state index in [2.05, 4.69) is 0 Å². The molecule has 3 aromatic rings. The molecule has 3 rings (SSSR count). The number of esters is 2. The highest BCUT2D eigenvalue weighted by atomic mass is 32.3. The van der Waals surface area contributed by atoms with Crippen LogP contribution in [0.4, 0.5) is 0 Å². The van der Waals surface area contributed by atoms with Gasteiger partial charge >= 0.3 is 22.1 Å². The minimum atomic E-state index is -3.93. The highest BCUT2D eigenvalue weighted by molar-refractivity contribution is 8.32. The molecule has 0 fully saturated rings. The van der Waals surface area contributed by atoms with Crippen LogP contribution in [0.25, 0.3) is 0 Å². The summed E-state index contributed by atoms with van der Waals surface area (Å²) in [5.74, 6) is -0.476. The fraction of sp³-hybridized carbons (Fsp3) is 0.412. The second kappa shape index (κ2) is 15.2. The van der Waals surface area contributed by atoms with Gasteiger partial charge in [0, 0.05) is 0 Å². The fourth-order valence-electron chi connectivity index (χ4n) is 4.21. The van der Waals surface area contributed by atoms with Gasteiger partial charge in [0.2, 0.25) is 0 Å². The van der Waals surface area contributed by atoms with E-state index in [1.165, 1.54) is 0 Å². The Morgan fingerprint density at radius 3 is 1.53 bits per heavy atom. The topological polar surface area (TPSA) is 118 Å². The van der Waals surface area contributed by atoms with Gasteiger partial charge in [-0.2, -0.15) is 8.42 Å². The number of carbonyl (C=O) groups excluding carboxylic acids is 2. The number of carbonyl (C=O) groups is 2. The zero-order valence-electron chi connectivity index (χ0n) is 27.1. The van der Waals surface area contributed by atoms with Crippen LogP contribution in [0, 0.1) is 0 Å². The second-order valence-corrected chi connectivity index (χ2v) is 17.0. The molecule has 0 unspecified atom stereocenters. The summed E-state index contributed by atoms with van der Waals surface area (Å²) in [5, 5.41) is 0. The highest BCUT2D eigenvalue weighted by Gasteiger charge is 2.43. The molecule has 0 amide bonds. The van der Waals surface area contributed by atoms with Crippen molar-refractivity contribution in [1.29, 1.82) is 0 Å². The maximum Gasteiger partial charge on any atom is 0.390 e. The monoisotopic (exact) mass is 661 g/mol. The van der Waals surface area contributed by atoms with Crippen LogP contribution in [0.3, 0.4) is 0 Å². The number of hydrogen-bond donors (Lipinski definition) is 0. The molecule has 0 spiro atoms. The van der Waals surface area contributed by atoms with Gasteiger partial charge in [-0.05, 0) is 96.5 Å². The molecule has 45 heavy (non-hydrogen) atoms. The third-order valence-electron chi connectivity index (χ3n) is 5.91. The molecule has 0 radical (unpaired) electrons. The lowest BCUT2D eigenvalue weighted by molar-refractivity contribution is -0.158. The standard InChI is InChI=1S/C34H44O9S2/c1-8-9-21-44(37,38)43-45(28-17-11-10-12-18-28,29-19-13-15-26(22-29)39-24-31(35)41-33(2,3)4)30-20-14-16-27(23-30)40-25-32(36)42-34(5,6)7/h10-20,22-23H,8-9,21,24-25H2,1-7H3/p+1. The Hall–Kier alpha value is -3.54. The van der Waals surface area contributed by atoms with Crippen LogP contribution in [0.15, 0.2) is 93.5 Å². The molecule has 0 saturated heterocycles. The third-order valence-corrected chi connectivity index (χ3v) is 11.3. The molecule has 9 nitrogen and oxygen atoms in total. The van der Waals surface area contributed by atoms with Crippen molar-refractivity contribution in [2.75, 3.05) is 19.0 Å². The molecule has 0 atom stereocenters. The normalized spacial score (nSPS) is 12.7. The van der Waals surface area contributed by atoms with Crippen molar-refractivity contribution >= 4 is 32.4 Å². The van der Waals surface area contributed by atoms with Crippen LogP contribution < -0.4 is 9.47 Å². The van der Waals surface area contributed by atoms with E-state index in [1.807, 2.05) is 37.3 Å². The third kappa shape index (κ3) is 11.1. The van der Waals surface area contributed by atoms with Crippen LogP contribution in [0.1, 0.15) is 61.3 Å². The summed E-state index contributed by atoms with van der Waals surface area (Å²) < 4.78 is 54.4. The lowest BCUT2D eigenvalue weighted by Gasteiger charge is -2.35. The molecule has 0 aliphatic rings. The van der Waals surface area contributed by atoms with Crippen LogP contribution in [-0.4, -0.2) is 54.2 Å². The summed E-state index contributed by atoms with van der Waals surface area (Å²) in [6.07, 6.45) is 1.14. The number of unbranched alkanes of at least 4 members (excludes halogenated alkanes) is 1. The molecule has 246 valence electrons. The predicted octanol–water partition coefficient (Wildman–Crippen LogP) is 7.55. The smallest absolute Gasteiger partial charge is 0.390 e. The Morgan fingerprint density at radius 2 is 1.11 bits per heavy atom. The molecule has 1 N–H and O–H groups in total. The second-order valence-electron chi connectivity index (χ2n) is 12.3. The van der Waals surface area contributed by atoms with Crippen molar-refractivity contribution in [2.24, 2.45) is 0 Å².